The highest BCUT2D eigenvalue weighted by Gasteiger charge is 2.17. The normalized spacial score (nSPS) is 13.7. The fourth-order valence-corrected chi connectivity index (χ4v) is 0.867. The van der Waals surface area contributed by atoms with Crippen LogP contribution in [0.1, 0.15) is 47.0 Å². The van der Waals surface area contributed by atoms with Gasteiger partial charge in [-0.25, -0.2) is 0 Å². The minimum atomic E-state index is -0.305. The van der Waals surface area contributed by atoms with Crippen LogP contribution in [0.5, 0.6) is 0 Å². The Hall–Kier alpha value is -0.370. The van der Waals surface area contributed by atoms with E-state index in [9.17, 15) is 0 Å². The average molecular weight is 156 g/mol. The molecule has 0 aliphatic carbocycles. The Morgan fingerprint density at radius 2 is 1.73 bits per heavy atom. The van der Waals surface area contributed by atoms with E-state index in [2.05, 4.69) is 25.8 Å². The maximum absolute atomic E-state index is 5.99. The Morgan fingerprint density at radius 3 is 2.00 bits per heavy atom. The van der Waals surface area contributed by atoms with Crippen molar-refractivity contribution in [2.24, 2.45) is 10.7 Å². The molecule has 0 aromatic heterocycles. The Balaban J connectivity index is 4.27. The molecule has 2 heteroatoms. The average Bonchev–Trinajstić information content (AvgIpc) is 2.04. The molecular formula is C9H20N2. The minimum absolute atomic E-state index is 0.305. The summed E-state index contributed by atoms with van der Waals surface area (Å²) in [5.74, 6) is 0. The molecule has 0 saturated carbocycles. The van der Waals surface area contributed by atoms with Gasteiger partial charge in [0.2, 0.25) is 0 Å². The van der Waals surface area contributed by atoms with E-state index in [0.29, 0.717) is 0 Å². The summed E-state index contributed by atoms with van der Waals surface area (Å²) in [5, 5.41) is 0. The van der Waals surface area contributed by atoms with E-state index in [1.807, 2.05) is 6.92 Å². The molecular weight excluding hydrogens is 136 g/mol. The van der Waals surface area contributed by atoms with Crippen LogP contribution in [-0.4, -0.2) is 11.4 Å². The summed E-state index contributed by atoms with van der Waals surface area (Å²) in [7, 11) is 0. The van der Waals surface area contributed by atoms with Crippen molar-refractivity contribution in [3.8, 4) is 0 Å². The molecule has 0 aliphatic rings. The van der Waals surface area contributed by atoms with Gasteiger partial charge in [0, 0.05) is 5.71 Å². The Bertz CT molecular complexity index is 134. The van der Waals surface area contributed by atoms with E-state index in [-0.39, 0.29) is 5.66 Å². The summed E-state index contributed by atoms with van der Waals surface area (Å²) in [5.41, 5.74) is 6.83. The first kappa shape index (κ1) is 10.6. The summed E-state index contributed by atoms with van der Waals surface area (Å²) in [4.78, 5) is 4.46. The van der Waals surface area contributed by atoms with Crippen molar-refractivity contribution in [1.29, 1.82) is 0 Å². The van der Waals surface area contributed by atoms with Gasteiger partial charge in [0.1, 0.15) is 5.66 Å². The number of hydrogen-bond donors (Lipinski definition) is 1. The minimum Gasteiger partial charge on any atom is -0.307 e. The van der Waals surface area contributed by atoms with E-state index in [1.54, 1.807) is 0 Å². The third kappa shape index (κ3) is 3.51. The van der Waals surface area contributed by atoms with Crippen LogP contribution in [0.15, 0.2) is 4.99 Å². The van der Waals surface area contributed by atoms with Gasteiger partial charge in [-0.2, -0.15) is 0 Å². The standard InChI is InChI=1S/C9H20N2/c1-5-8(4)11-9(10,6-2)7-3/h5-7,10H2,1-4H3. The number of aliphatic imine (C=N–C) groups is 1. The molecule has 0 saturated heterocycles. The summed E-state index contributed by atoms with van der Waals surface area (Å²) in [6, 6.07) is 0. The lowest BCUT2D eigenvalue weighted by Gasteiger charge is -2.22. The van der Waals surface area contributed by atoms with Crippen molar-refractivity contribution in [1.82, 2.24) is 0 Å². The van der Waals surface area contributed by atoms with Crippen molar-refractivity contribution in [2.45, 2.75) is 52.6 Å². The second-order valence-corrected chi connectivity index (χ2v) is 3.01. The maximum Gasteiger partial charge on any atom is 0.107 e. The molecule has 11 heavy (non-hydrogen) atoms. The predicted octanol–water partition coefficient (Wildman–Crippen LogP) is 2.33. The highest BCUT2D eigenvalue weighted by atomic mass is 15.0. The first-order chi connectivity index (χ1) is 5.08. The lowest BCUT2D eigenvalue weighted by atomic mass is 10.1. The van der Waals surface area contributed by atoms with Crippen LogP contribution in [0.25, 0.3) is 0 Å². The second kappa shape index (κ2) is 4.50. The first-order valence-electron chi connectivity index (χ1n) is 4.42. The summed E-state index contributed by atoms with van der Waals surface area (Å²) >= 11 is 0. The summed E-state index contributed by atoms with van der Waals surface area (Å²) in [6.45, 7) is 8.30. The van der Waals surface area contributed by atoms with Gasteiger partial charge in [-0.15, -0.1) is 0 Å². The van der Waals surface area contributed by atoms with Crippen LogP contribution in [-0.2, 0) is 0 Å². The van der Waals surface area contributed by atoms with Gasteiger partial charge in [-0.3, -0.25) is 4.99 Å². The molecule has 66 valence electrons. The van der Waals surface area contributed by atoms with Gasteiger partial charge in [-0.1, -0.05) is 20.8 Å². The number of nitrogens with zero attached hydrogens (tertiary/aromatic N) is 1. The van der Waals surface area contributed by atoms with Gasteiger partial charge in [-0.05, 0) is 26.2 Å². The number of rotatable bonds is 4. The van der Waals surface area contributed by atoms with Gasteiger partial charge in [0.05, 0.1) is 0 Å². The van der Waals surface area contributed by atoms with Crippen molar-refractivity contribution in [2.75, 3.05) is 0 Å². The molecule has 0 amide bonds. The zero-order chi connectivity index (χ0) is 8.91. The molecule has 0 bridgehead atoms. The smallest absolute Gasteiger partial charge is 0.107 e. The number of nitrogens with two attached hydrogens (primary N) is 1. The van der Waals surface area contributed by atoms with Gasteiger partial charge in [0.25, 0.3) is 0 Å². The zero-order valence-electron chi connectivity index (χ0n) is 8.15. The molecule has 0 aliphatic heterocycles. The molecule has 0 fully saturated rings. The molecule has 2 nitrogen and oxygen atoms in total. The van der Waals surface area contributed by atoms with E-state index < -0.39 is 0 Å². The molecule has 0 atom stereocenters. The molecule has 0 unspecified atom stereocenters. The van der Waals surface area contributed by atoms with Crippen LogP contribution in [0, 0.1) is 0 Å². The van der Waals surface area contributed by atoms with E-state index >= 15 is 0 Å². The maximum atomic E-state index is 5.99. The lowest BCUT2D eigenvalue weighted by molar-refractivity contribution is 0.415. The SMILES string of the molecule is CCC(C)=NC(N)(CC)CC. The number of hydrogen-bond acceptors (Lipinski definition) is 2. The van der Waals surface area contributed by atoms with Crippen LogP contribution in [0.2, 0.25) is 0 Å². The van der Waals surface area contributed by atoms with Crippen LogP contribution in [0.3, 0.4) is 0 Å². The van der Waals surface area contributed by atoms with Crippen molar-refractivity contribution in [3.05, 3.63) is 0 Å². The van der Waals surface area contributed by atoms with Crippen LogP contribution in [0.4, 0.5) is 0 Å². The van der Waals surface area contributed by atoms with Crippen molar-refractivity contribution in [3.63, 3.8) is 0 Å². The third-order valence-corrected chi connectivity index (χ3v) is 2.15. The monoisotopic (exact) mass is 156 g/mol. The van der Waals surface area contributed by atoms with Crippen molar-refractivity contribution < 1.29 is 0 Å². The summed E-state index contributed by atoms with van der Waals surface area (Å²) < 4.78 is 0. The predicted molar refractivity (Wildman–Crippen MR) is 50.9 cm³/mol. The molecule has 0 rings (SSSR count). The molecule has 0 heterocycles. The molecule has 0 spiro atoms. The lowest BCUT2D eigenvalue weighted by Crippen LogP contribution is -2.36. The quantitative estimate of drug-likeness (QED) is 0.623. The Morgan fingerprint density at radius 1 is 1.27 bits per heavy atom. The highest BCUT2D eigenvalue weighted by molar-refractivity contribution is 5.81. The zero-order valence-corrected chi connectivity index (χ0v) is 8.15. The fraction of sp³-hybridized carbons (Fsp3) is 0.889. The van der Waals surface area contributed by atoms with E-state index in [4.69, 9.17) is 5.73 Å². The first-order valence-corrected chi connectivity index (χ1v) is 4.42. The largest absolute Gasteiger partial charge is 0.307 e. The summed E-state index contributed by atoms with van der Waals surface area (Å²) in [6.07, 6.45) is 2.83. The van der Waals surface area contributed by atoms with Crippen molar-refractivity contribution >= 4 is 5.71 Å². The van der Waals surface area contributed by atoms with E-state index in [0.717, 1.165) is 25.0 Å². The highest BCUT2D eigenvalue weighted by Crippen LogP contribution is 2.13. The van der Waals surface area contributed by atoms with Gasteiger partial charge < -0.3 is 5.73 Å². The van der Waals surface area contributed by atoms with Gasteiger partial charge >= 0.3 is 0 Å². The van der Waals surface area contributed by atoms with E-state index in [1.165, 1.54) is 0 Å². The molecule has 0 radical (unpaired) electrons. The van der Waals surface area contributed by atoms with Crippen LogP contribution >= 0.6 is 0 Å². The molecule has 0 aromatic rings. The second-order valence-electron chi connectivity index (χ2n) is 3.01. The van der Waals surface area contributed by atoms with Crippen LogP contribution < -0.4 is 5.73 Å². The van der Waals surface area contributed by atoms with Gasteiger partial charge in [0.15, 0.2) is 0 Å². The topological polar surface area (TPSA) is 38.4 Å². The molecule has 0 aromatic carbocycles. The third-order valence-electron chi connectivity index (χ3n) is 2.15. The fourth-order valence-electron chi connectivity index (χ4n) is 0.867. The Kier molecular flexibility index (Phi) is 4.34. The molecule has 2 N–H and O–H groups in total. The Labute approximate surface area is 69.9 Å².